The largest absolute Gasteiger partial charge is 0.447 e. The first kappa shape index (κ1) is 16.6. The second-order valence-electron chi connectivity index (χ2n) is 5.18. The second-order valence-corrected chi connectivity index (χ2v) is 8.66. The van der Waals surface area contributed by atoms with Gasteiger partial charge in [-0.2, -0.15) is 4.98 Å². The molecule has 2 aromatic heterocycles. The highest BCUT2D eigenvalue weighted by atomic mass is 79.9. The summed E-state index contributed by atoms with van der Waals surface area (Å²) in [5.41, 5.74) is 2.51. The molecule has 0 spiro atoms. The van der Waals surface area contributed by atoms with Crippen LogP contribution in [0.1, 0.15) is 11.1 Å². The number of rotatable bonds is 4. The van der Waals surface area contributed by atoms with Gasteiger partial charge in [0, 0.05) is 17.0 Å². The average molecular weight is 433 g/mol. The first-order chi connectivity index (χ1) is 12.2. The molecule has 3 aromatic rings. The van der Waals surface area contributed by atoms with Crippen LogP contribution in [0.5, 0.6) is 5.88 Å². The highest BCUT2D eigenvalue weighted by molar-refractivity contribution is 9.11. The third kappa shape index (κ3) is 3.42. The number of hydrogen-bond acceptors (Lipinski definition) is 7. The molecule has 1 aliphatic heterocycles. The average Bonchev–Trinajstić information content (AvgIpc) is 2.99. The summed E-state index contributed by atoms with van der Waals surface area (Å²) in [6.07, 6.45) is 1.47. The number of para-hydroxylation sites is 1. The number of benzene rings is 1. The Kier molecular flexibility index (Phi) is 4.74. The molecule has 1 aromatic carbocycles. The maximum Gasteiger partial charge on any atom is 0.247 e. The second kappa shape index (κ2) is 7.15. The number of hydrogen-bond donors (Lipinski definition) is 1. The van der Waals surface area contributed by atoms with Gasteiger partial charge in [-0.3, -0.25) is 0 Å². The van der Waals surface area contributed by atoms with Crippen LogP contribution >= 0.6 is 39.0 Å². The Labute approximate surface area is 161 Å². The maximum absolute atomic E-state index is 6.19. The number of thiophene rings is 1. The van der Waals surface area contributed by atoms with E-state index in [-0.39, 0.29) is 6.23 Å². The van der Waals surface area contributed by atoms with Gasteiger partial charge < -0.3 is 10.1 Å². The summed E-state index contributed by atoms with van der Waals surface area (Å²) in [6, 6.07) is 12.0. The number of halogens is 1. The summed E-state index contributed by atoms with van der Waals surface area (Å²) in [5.74, 6) is 1.20. The minimum absolute atomic E-state index is 0.340. The minimum atomic E-state index is -0.340. The number of thioether (sulfide) groups is 1. The van der Waals surface area contributed by atoms with E-state index < -0.39 is 0 Å². The lowest BCUT2D eigenvalue weighted by Gasteiger charge is -2.17. The van der Waals surface area contributed by atoms with E-state index in [2.05, 4.69) is 43.0 Å². The third-order valence-electron chi connectivity index (χ3n) is 3.52. The number of nitrogens with one attached hydrogen (secondary N) is 1. The molecule has 1 aliphatic rings. The van der Waals surface area contributed by atoms with E-state index in [1.807, 2.05) is 42.5 Å². The molecule has 3 heterocycles. The van der Waals surface area contributed by atoms with Crippen LogP contribution in [-0.2, 0) is 0 Å². The van der Waals surface area contributed by atoms with Crippen molar-refractivity contribution in [3.05, 3.63) is 57.7 Å². The fourth-order valence-electron chi connectivity index (χ4n) is 2.44. The quantitative estimate of drug-likeness (QED) is 0.454. The minimum Gasteiger partial charge on any atom is -0.447 e. The van der Waals surface area contributed by atoms with E-state index in [0.29, 0.717) is 16.7 Å². The van der Waals surface area contributed by atoms with Gasteiger partial charge in [0.15, 0.2) is 5.69 Å². The van der Waals surface area contributed by atoms with Crippen molar-refractivity contribution in [2.24, 2.45) is 0 Å². The topological polar surface area (TPSA) is 59.9 Å². The molecule has 1 atom stereocenters. The van der Waals surface area contributed by atoms with Crippen molar-refractivity contribution in [2.75, 3.05) is 11.1 Å². The Balaban J connectivity index is 1.80. The Hall–Kier alpha value is -1.90. The van der Waals surface area contributed by atoms with Crippen LogP contribution in [0.4, 0.5) is 5.69 Å². The summed E-state index contributed by atoms with van der Waals surface area (Å²) in [6.45, 7) is 3.72. The number of anilines is 1. The molecular formula is C17H13BrN4OS2. The number of aromatic nitrogens is 3. The smallest absolute Gasteiger partial charge is 0.247 e. The van der Waals surface area contributed by atoms with Crippen LogP contribution in [0.15, 0.2) is 58.0 Å². The van der Waals surface area contributed by atoms with E-state index in [4.69, 9.17) is 4.74 Å². The molecule has 0 saturated heterocycles. The number of nitrogens with zero attached hydrogens (tertiary/aromatic N) is 3. The van der Waals surface area contributed by atoms with Gasteiger partial charge in [-0.15, -0.1) is 28.1 Å². The first-order valence-corrected chi connectivity index (χ1v) is 10.1. The van der Waals surface area contributed by atoms with Crippen molar-refractivity contribution < 1.29 is 4.74 Å². The van der Waals surface area contributed by atoms with Gasteiger partial charge in [0.1, 0.15) is 0 Å². The molecule has 0 fully saturated rings. The molecule has 25 heavy (non-hydrogen) atoms. The van der Waals surface area contributed by atoms with Crippen LogP contribution in [-0.4, -0.2) is 20.9 Å². The highest BCUT2D eigenvalue weighted by Gasteiger charge is 2.26. The van der Waals surface area contributed by atoms with Crippen molar-refractivity contribution >= 4 is 44.7 Å². The molecule has 0 aliphatic carbocycles. The van der Waals surface area contributed by atoms with Crippen LogP contribution in [0.2, 0.25) is 0 Å². The molecule has 1 N–H and O–H groups in total. The Morgan fingerprint density at radius 2 is 2.16 bits per heavy atom. The summed E-state index contributed by atoms with van der Waals surface area (Å²) in [7, 11) is 0. The van der Waals surface area contributed by atoms with E-state index in [1.54, 1.807) is 11.3 Å². The third-order valence-corrected chi connectivity index (χ3v) is 6.02. The summed E-state index contributed by atoms with van der Waals surface area (Å²) in [5, 5.41) is 12.6. The van der Waals surface area contributed by atoms with Crippen LogP contribution < -0.4 is 10.1 Å². The fraction of sp³-hybridized carbons (Fsp3) is 0.118. The van der Waals surface area contributed by atoms with Gasteiger partial charge in [-0.05, 0) is 34.1 Å². The lowest BCUT2D eigenvalue weighted by molar-refractivity contribution is 0.229. The van der Waals surface area contributed by atoms with Crippen LogP contribution in [0, 0.1) is 0 Å². The monoisotopic (exact) mass is 432 g/mol. The van der Waals surface area contributed by atoms with E-state index >= 15 is 0 Å². The Morgan fingerprint density at radius 3 is 2.96 bits per heavy atom. The van der Waals surface area contributed by atoms with E-state index in [9.17, 15) is 0 Å². The molecule has 8 heteroatoms. The highest BCUT2D eigenvalue weighted by Crippen LogP contribution is 2.41. The van der Waals surface area contributed by atoms with Gasteiger partial charge in [-0.25, -0.2) is 0 Å². The lowest BCUT2D eigenvalue weighted by atomic mass is 10.1. The lowest BCUT2D eigenvalue weighted by Crippen LogP contribution is -2.15. The van der Waals surface area contributed by atoms with Gasteiger partial charge in [0.2, 0.25) is 17.3 Å². The predicted octanol–water partition coefficient (Wildman–Crippen LogP) is 5.14. The Bertz CT molecular complexity index is 931. The van der Waals surface area contributed by atoms with Crippen LogP contribution in [0.3, 0.4) is 0 Å². The molecule has 126 valence electrons. The zero-order chi connectivity index (χ0) is 17.2. The zero-order valence-electron chi connectivity index (χ0n) is 13.0. The normalized spacial score (nSPS) is 15.3. The standard InChI is InChI=1S/C17H13BrN4OS2/c1-2-9-24-17-20-16-14(21-22-17)10-5-3-4-6-11(10)19-15(23-16)12-7-8-13(18)25-12/h2-8,15,19H,1,9H2/t15-/m1/s1. The maximum atomic E-state index is 6.19. The van der Waals surface area contributed by atoms with Crippen molar-refractivity contribution in [1.29, 1.82) is 0 Å². The van der Waals surface area contributed by atoms with Gasteiger partial charge in [-0.1, -0.05) is 36.0 Å². The van der Waals surface area contributed by atoms with E-state index in [1.165, 1.54) is 11.8 Å². The van der Waals surface area contributed by atoms with Crippen molar-refractivity contribution in [3.63, 3.8) is 0 Å². The Morgan fingerprint density at radius 1 is 1.28 bits per heavy atom. The summed E-state index contributed by atoms with van der Waals surface area (Å²) in [4.78, 5) is 5.61. The molecule has 0 bridgehead atoms. The van der Waals surface area contributed by atoms with Gasteiger partial charge >= 0.3 is 0 Å². The molecule has 0 radical (unpaired) electrons. The molecule has 0 saturated carbocycles. The van der Waals surface area contributed by atoms with Gasteiger partial charge in [0.05, 0.1) is 8.66 Å². The SMILES string of the molecule is C=CCSc1nnc2c(n1)O[C@H](c1ccc(Br)s1)Nc1ccccc1-2. The number of fused-ring (bicyclic) bond motifs is 3. The predicted molar refractivity (Wildman–Crippen MR) is 105 cm³/mol. The number of ether oxygens (including phenoxy) is 1. The zero-order valence-corrected chi connectivity index (χ0v) is 16.2. The van der Waals surface area contributed by atoms with Crippen molar-refractivity contribution in [2.45, 2.75) is 11.4 Å². The summed E-state index contributed by atoms with van der Waals surface area (Å²) >= 11 is 6.60. The van der Waals surface area contributed by atoms with Gasteiger partial charge in [0.25, 0.3) is 0 Å². The molecular weight excluding hydrogens is 420 g/mol. The first-order valence-electron chi connectivity index (χ1n) is 7.51. The van der Waals surface area contributed by atoms with Crippen LogP contribution in [0.25, 0.3) is 11.3 Å². The molecule has 0 amide bonds. The van der Waals surface area contributed by atoms with E-state index in [0.717, 1.165) is 25.7 Å². The molecule has 5 nitrogen and oxygen atoms in total. The molecule has 0 unspecified atom stereocenters. The van der Waals surface area contributed by atoms with Crippen molar-refractivity contribution in [1.82, 2.24) is 15.2 Å². The van der Waals surface area contributed by atoms with Crippen molar-refractivity contribution in [3.8, 4) is 17.1 Å². The fourth-order valence-corrected chi connectivity index (χ4v) is 4.36. The summed E-state index contributed by atoms with van der Waals surface area (Å²) < 4.78 is 7.23. The molecule has 4 rings (SSSR count).